The highest BCUT2D eigenvalue weighted by molar-refractivity contribution is 7.93. The molecule has 0 spiro atoms. The normalized spacial score (nSPS) is 17.6. The number of carbonyl (C=O) groups excluding carboxylic acids is 1. The van der Waals surface area contributed by atoms with Crippen molar-refractivity contribution in [3.8, 4) is 11.9 Å². The summed E-state index contributed by atoms with van der Waals surface area (Å²) >= 11 is 5.89. The Morgan fingerprint density at radius 3 is 2.53 bits per heavy atom. The molecular formula is C23H22ClF3N4O6S. The fourth-order valence-corrected chi connectivity index (χ4v) is 4.30. The van der Waals surface area contributed by atoms with Crippen LogP contribution in [0.3, 0.4) is 0 Å². The third-order valence-electron chi connectivity index (χ3n) is 5.42. The maximum Gasteiger partial charge on any atom is 0.411 e. The van der Waals surface area contributed by atoms with Gasteiger partial charge in [-0.05, 0) is 39.0 Å². The van der Waals surface area contributed by atoms with E-state index in [0.717, 1.165) is 21.0 Å². The van der Waals surface area contributed by atoms with Gasteiger partial charge in [0.25, 0.3) is 0 Å². The number of halogens is 4. The first-order chi connectivity index (χ1) is 17.9. The van der Waals surface area contributed by atoms with Gasteiger partial charge in [-0.25, -0.2) is 18.4 Å². The van der Waals surface area contributed by atoms with E-state index in [9.17, 15) is 27.4 Å². The molecule has 3 aromatic rings. The molecule has 1 amide bonds. The number of carboxylic acid groups (broad SMARTS) is 1. The molecule has 1 aromatic carbocycles. The van der Waals surface area contributed by atoms with Gasteiger partial charge in [0.05, 0.1) is 12.1 Å². The van der Waals surface area contributed by atoms with Gasteiger partial charge >= 0.3 is 18.1 Å². The minimum absolute atomic E-state index is 0.0581. The maximum absolute atomic E-state index is 14.0. The molecule has 0 radical (unpaired) electrons. The quantitative estimate of drug-likeness (QED) is 0.408. The van der Waals surface area contributed by atoms with Crippen molar-refractivity contribution in [2.75, 3.05) is 6.54 Å². The number of aromatic nitrogens is 3. The molecule has 1 fully saturated rings. The third-order valence-corrected chi connectivity index (χ3v) is 6.16. The number of nitrogens with zero attached hydrogens (tertiary/aromatic N) is 4. The Balaban J connectivity index is 1.56. The summed E-state index contributed by atoms with van der Waals surface area (Å²) in [5.74, 6) is -3.12. The summed E-state index contributed by atoms with van der Waals surface area (Å²) in [7, 11) is 0. The molecule has 1 N–H and O–H groups in total. The first-order valence-corrected chi connectivity index (χ1v) is 12.3. The lowest BCUT2D eigenvalue weighted by molar-refractivity contribution is -0.142. The number of carbonyl (C=O) groups is 2. The van der Waals surface area contributed by atoms with Gasteiger partial charge in [-0.3, -0.25) is 4.90 Å². The van der Waals surface area contributed by atoms with Crippen molar-refractivity contribution < 1.29 is 41.6 Å². The van der Waals surface area contributed by atoms with Gasteiger partial charge in [0, 0.05) is 6.42 Å². The molecular weight excluding hydrogens is 553 g/mol. The van der Waals surface area contributed by atoms with Crippen LogP contribution >= 0.6 is 23.9 Å². The van der Waals surface area contributed by atoms with Crippen LogP contribution in [0.5, 0.6) is 11.9 Å². The maximum atomic E-state index is 14.0. The van der Waals surface area contributed by atoms with Crippen LogP contribution in [0.4, 0.5) is 17.5 Å². The minimum Gasteiger partial charge on any atom is -0.480 e. The minimum atomic E-state index is -1.25. The Kier molecular flexibility index (Phi) is 7.83. The molecule has 3 heterocycles. The van der Waals surface area contributed by atoms with Crippen molar-refractivity contribution in [2.24, 2.45) is 0 Å². The van der Waals surface area contributed by atoms with Crippen LogP contribution in [0.2, 0.25) is 5.02 Å². The van der Waals surface area contributed by atoms with Crippen LogP contribution in [0.15, 0.2) is 24.3 Å². The second-order valence-electron chi connectivity index (χ2n) is 9.33. The zero-order valence-electron chi connectivity index (χ0n) is 20.3. The number of rotatable bonds is 7. The predicted molar refractivity (Wildman–Crippen MR) is 131 cm³/mol. The molecule has 0 saturated carbocycles. The van der Waals surface area contributed by atoms with Gasteiger partial charge in [0.15, 0.2) is 18.0 Å². The van der Waals surface area contributed by atoms with Crippen molar-refractivity contribution in [2.45, 2.75) is 51.5 Å². The van der Waals surface area contributed by atoms with Gasteiger partial charge in [0.1, 0.15) is 46.5 Å². The van der Waals surface area contributed by atoms with Gasteiger partial charge < -0.3 is 19.3 Å². The number of benzene rings is 1. The number of ether oxygens (including phenoxy) is 3. The van der Waals surface area contributed by atoms with E-state index in [1.807, 2.05) is 0 Å². The summed E-state index contributed by atoms with van der Waals surface area (Å²) in [6.07, 6.45) is -1.79. The number of fused-ring (bicyclic) bond motifs is 1. The van der Waals surface area contributed by atoms with E-state index in [1.165, 1.54) is 12.1 Å². The molecule has 38 heavy (non-hydrogen) atoms. The van der Waals surface area contributed by atoms with Gasteiger partial charge in [-0.15, -0.1) is 3.89 Å². The first-order valence-electron chi connectivity index (χ1n) is 11.2. The van der Waals surface area contributed by atoms with Crippen LogP contribution in [-0.4, -0.2) is 60.3 Å². The number of likely N-dealkylation sites (tertiary alicyclic amines) is 1. The van der Waals surface area contributed by atoms with Crippen molar-refractivity contribution in [1.82, 2.24) is 18.8 Å². The van der Waals surface area contributed by atoms with E-state index in [-0.39, 0.29) is 58.9 Å². The molecule has 10 nitrogen and oxygen atoms in total. The number of carboxylic acids is 1. The lowest BCUT2D eigenvalue weighted by Gasteiger charge is -2.26. The summed E-state index contributed by atoms with van der Waals surface area (Å²) < 4.78 is 59.2. The van der Waals surface area contributed by atoms with E-state index < -0.39 is 48.1 Å². The Hall–Kier alpha value is -3.39. The molecule has 0 bridgehead atoms. The van der Waals surface area contributed by atoms with Crippen molar-refractivity contribution in [1.29, 1.82) is 0 Å². The molecule has 2 atom stereocenters. The van der Waals surface area contributed by atoms with E-state index >= 15 is 0 Å². The van der Waals surface area contributed by atoms with Gasteiger partial charge in [-0.2, -0.15) is 13.9 Å². The number of pyridine rings is 1. The van der Waals surface area contributed by atoms with Crippen LogP contribution in [0.1, 0.15) is 32.8 Å². The van der Waals surface area contributed by atoms with Crippen molar-refractivity contribution in [3.63, 3.8) is 0 Å². The number of hydrogen-bond donors (Lipinski definition) is 1. The Morgan fingerprint density at radius 1 is 1.24 bits per heavy atom. The lowest BCUT2D eigenvalue weighted by Crippen LogP contribution is -2.43. The fraction of sp³-hybridized carbons (Fsp3) is 0.391. The van der Waals surface area contributed by atoms with Crippen LogP contribution in [0, 0.1) is 11.6 Å². The number of imidazole rings is 1. The van der Waals surface area contributed by atoms with E-state index in [0.29, 0.717) is 0 Å². The molecule has 15 heteroatoms. The average molecular weight is 575 g/mol. The smallest absolute Gasteiger partial charge is 0.411 e. The molecule has 0 unspecified atom stereocenters. The van der Waals surface area contributed by atoms with Crippen LogP contribution < -0.4 is 9.47 Å². The second-order valence-corrected chi connectivity index (χ2v) is 10.2. The molecule has 204 valence electrons. The van der Waals surface area contributed by atoms with Crippen LogP contribution in [0.25, 0.3) is 11.2 Å². The Bertz CT molecular complexity index is 1370. The second kappa shape index (κ2) is 10.8. The van der Waals surface area contributed by atoms with Crippen molar-refractivity contribution in [3.05, 3.63) is 46.5 Å². The topological polar surface area (TPSA) is 116 Å². The third kappa shape index (κ3) is 5.85. The zero-order chi connectivity index (χ0) is 27.8. The average Bonchev–Trinajstić information content (AvgIpc) is 3.38. The Labute approximate surface area is 224 Å². The van der Waals surface area contributed by atoms with Gasteiger partial charge in [-0.1, -0.05) is 17.7 Å². The SMILES string of the molecule is CC(C)(C)OC(=O)N1C[C@@H](Oc2nc3cc(Cl)c(OCc4c(F)cccc4F)nc3n2SF)C[C@H]1C(=O)O. The molecule has 1 aliphatic heterocycles. The molecule has 1 aliphatic rings. The van der Waals surface area contributed by atoms with E-state index in [1.54, 1.807) is 20.8 Å². The standard InChI is InChI=1S/C23H22ClF3N4O6S/c1-23(2,3)37-22(34)30-9-11(7-17(30)20(32)33)36-21-28-16-8-13(24)19(29-18(16)31(21)38-27)35-10-12-14(25)5-4-6-15(12)26/h4-6,8,11,17H,7,9-10H2,1-3H3,(H,32,33)/t11-,17-/m0/s1. The highest BCUT2D eigenvalue weighted by Crippen LogP contribution is 2.34. The molecule has 2 aromatic heterocycles. The predicted octanol–water partition coefficient (Wildman–Crippen LogP) is 5.16. The monoisotopic (exact) mass is 574 g/mol. The highest BCUT2D eigenvalue weighted by atomic mass is 35.5. The fourth-order valence-electron chi connectivity index (χ4n) is 3.76. The van der Waals surface area contributed by atoms with E-state index in [4.69, 9.17) is 25.8 Å². The summed E-state index contributed by atoms with van der Waals surface area (Å²) in [4.78, 5) is 33.6. The summed E-state index contributed by atoms with van der Waals surface area (Å²) in [6, 6.07) is 3.16. The first kappa shape index (κ1) is 27.6. The largest absolute Gasteiger partial charge is 0.480 e. The number of aliphatic carboxylic acids is 1. The lowest BCUT2D eigenvalue weighted by atomic mass is 10.2. The Morgan fingerprint density at radius 2 is 1.92 bits per heavy atom. The van der Waals surface area contributed by atoms with Crippen LogP contribution in [-0.2, 0) is 16.1 Å². The number of amides is 1. The summed E-state index contributed by atoms with van der Waals surface area (Å²) in [6.45, 7) is 4.26. The molecule has 1 saturated heterocycles. The summed E-state index contributed by atoms with van der Waals surface area (Å²) in [5.41, 5.74) is -1.15. The molecule has 4 rings (SSSR count). The van der Waals surface area contributed by atoms with E-state index in [2.05, 4.69) is 9.97 Å². The molecule has 0 aliphatic carbocycles. The summed E-state index contributed by atoms with van der Waals surface area (Å²) in [5, 5.41) is 9.52. The van der Waals surface area contributed by atoms with Crippen molar-refractivity contribution >= 4 is 47.2 Å². The zero-order valence-corrected chi connectivity index (χ0v) is 21.9. The highest BCUT2D eigenvalue weighted by Gasteiger charge is 2.43. The van der Waals surface area contributed by atoms with Gasteiger partial charge in [0.2, 0.25) is 5.88 Å². The number of hydrogen-bond acceptors (Lipinski definition) is 8.